The summed E-state index contributed by atoms with van der Waals surface area (Å²) in [5.41, 5.74) is 4.79. The molecule has 2 fully saturated rings. The Kier molecular flexibility index (Phi) is 5.28. The number of aryl methyl sites for hydroxylation is 1. The number of pyridine rings is 2. The maximum absolute atomic E-state index is 9.58. The predicted octanol–water partition coefficient (Wildman–Crippen LogP) is 4.33. The fourth-order valence-corrected chi connectivity index (χ4v) is 6.03. The lowest BCUT2D eigenvalue weighted by Gasteiger charge is -2.35. The molecule has 0 aromatic carbocycles. The molecule has 4 aromatic rings. The van der Waals surface area contributed by atoms with Crippen LogP contribution in [-0.4, -0.2) is 44.5 Å². The Morgan fingerprint density at radius 2 is 1.94 bits per heavy atom. The monoisotopic (exact) mass is 465 g/mol. The summed E-state index contributed by atoms with van der Waals surface area (Å²) in [5, 5.41) is 14.3. The quantitative estimate of drug-likeness (QED) is 0.485. The highest BCUT2D eigenvalue weighted by molar-refractivity contribution is 7.21. The van der Waals surface area contributed by atoms with Crippen LogP contribution in [0.15, 0.2) is 30.6 Å². The fourth-order valence-electron chi connectivity index (χ4n) is 5.06. The molecule has 32 heavy (non-hydrogen) atoms. The molecule has 9 heteroatoms. The molecule has 4 aromatic heterocycles. The van der Waals surface area contributed by atoms with Crippen molar-refractivity contribution in [2.24, 2.45) is 0 Å². The Balaban J connectivity index is 0.00000216. The zero-order valence-corrected chi connectivity index (χ0v) is 19.6. The Morgan fingerprint density at radius 1 is 1.16 bits per heavy atom. The molecule has 2 bridgehead atoms. The van der Waals surface area contributed by atoms with Crippen LogP contribution in [0.3, 0.4) is 0 Å². The van der Waals surface area contributed by atoms with Crippen molar-refractivity contribution in [3.05, 3.63) is 41.9 Å². The van der Waals surface area contributed by atoms with Gasteiger partial charge in [0.05, 0.1) is 17.0 Å². The number of rotatable bonds is 3. The molecule has 0 unspecified atom stereocenters. The number of nitrogens with one attached hydrogen (secondary N) is 1. The molecule has 6 rings (SSSR count). The maximum atomic E-state index is 9.58. The molecule has 6 heterocycles. The van der Waals surface area contributed by atoms with Gasteiger partial charge in [-0.05, 0) is 50.8 Å². The summed E-state index contributed by atoms with van der Waals surface area (Å²) < 4.78 is 1.91. The molecule has 1 N–H and O–H groups in total. The number of thiazole rings is 1. The molecule has 164 valence electrons. The van der Waals surface area contributed by atoms with Crippen LogP contribution in [0.1, 0.15) is 36.9 Å². The van der Waals surface area contributed by atoms with Crippen LogP contribution in [0, 0.1) is 18.3 Å². The number of nitriles is 1. The summed E-state index contributed by atoms with van der Waals surface area (Å²) in [6, 6.07) is 10.00. The van der Waals surface area contributed by atoms with E-state index in [-0.39, 0.29) is 12.4 Å². The smallest absolute Gasteiger partial charge is 0.187 e. The van der Waals surface area contributed by atoms with Crippen molar-refractivity contribution in [1.29, 1.82) is 5.26 Å². The van der Waals surface area contributed by atoms with Crippen LogP contribution < -0.4 is 10.2 Å². The maximum Gasteiger partial charge on any atom is 0.187 e. The second kappa shape index (κ2) is 8.00. The SMILES string of the molecule is Cc1cn2cc(-c3ccc4nc(N(C)[C@@H]5C[C@H]6CC[C@@H](C5)N6)sc4n3)cc(C#N)c2n1.Cl. The normalized spacial score (nSPS) is 22.1. The van der Waals surface area contributed by atoms with Crippen molar-refractivity contribution in [2.45, 2.75) is 50.7 Å². The number of anilines is 1. The molecule has 2 aliphatic rings. The second-order valence-corrected chi connectivity index (χ2v) is 9.71. The lowest BCUT2D eigenvalue weighted by atomic mass is 9.99. The van der Waals surface area contributed by atoms with Crippen LogP contribution in [0.2, 0.25) is 0 Å². The van der Waals surface area contributed by atoms with Gasteiger partial charge in [-0.2, -0.15) is 5.26 Å². The first kappa shape index (κ1) is 21.1. The Hall–Kier alpha value is -2.73. The molecule has 0 radical (unpaired) electrons. The van der Waals surface area contributed by atoms with Gasteiger partial charge in [-0.15, -0.1) is 12.4 Å². The minimum Gasteiger partial charge on any atom is -0.348 e. The van der Waals surface area contributed by atoms with Gasteiger partial charge in [0.2, 0.25) is 0 Å². The Morgan fingerprint density at radius 3 is 2.69 bits per heavy atom. The summed E-state index contributed by atoms with van der Waals surface area (Å²) in [4.78, 5) is 17.5. The van der Waals surface area contributed by atoms with E-state index in [1.807, 2.05) is 41.9 Å². The highest BCUT2D eigenvalue weighted by Gasteiger charge is 2.35. The number of hydrogen-bond acceptors (Lipinski definition) is 7. The lowest BCUT2D eigenvalue weighted by Crippen LogP contribution is -2.47. The average molecular weight is 466 g/mol. The molecule has 2 aliphatic heterocycles. The average Bonchev–Trinajstić information content (AvgIpc) is 3.46. The van der Waals surface area contributed by atoms with E-state index in [4.69, 9.17) is 9.97 Å². The minimum atomic E-state index is 0. The summed E-state index contributed by atoms with van der Waals surface area (Å²) in [7, 11) is 2.17. The van der Waals surface area contributed by atoms with Crippen molar-refractivity contribution in [3.63, 3.8) is 0 Å². The molecule has 7 nitrogen and oxygen atoms in total. The lowest BCUT2D eigenvalue weighted by molar-refractivity contribution is 0.354. The molecule has 0 saturated carbocycles. The third-order valence-corrected chi connectivity index (χ3v) is 7.69. The van der Waals surface area contributed by atoms with Crippen molar-refractivity contribution < 1.29 is 0 Å². The highest BCUT2D eigenvalue weighted by atomic mass is 35.5. The van der Waals surface area contributed by atoms with Gasteiger partial charge in [-0.1, -0.05) is 11.3 Å². The predicted molar refractivity (Wildman–Crippen MR) is 130 cm³/mol. The van der Waals surface area contributed by atoms with Gasteiger partial charge in [0.15, 0.2) is 10.8 Å². The van der Waals surface area contributed by atoms with Gasteiger partial charge >= 0.3 is 0 Å². The molecular weight excluding hydrogens is 442 g/mol. The second-order valence-electron chi connectivity index (χ2n) is 8.76. The van der Waals surface area contributed by atoms with Crippen molar-refractivity contribution in [3.8, 4) is 17.3 Å². The number of halogens is 1. The minimum absolute atomic E-state index is 0. The van der Waals surface area contributed by atoms with Gasteiger partial charge in [0.25, 0.3) is 0 Å². The third-order valence-electron chi connectivity index (χ3n) is 6.63. The third kappa shape index (κ3) is 3.51. The standard InChI is InChI=1S/C23H23N7S.ClH/c1-13-11-30-12-15(7-14(10-24)21(30)25-13)19-5-6-20-22(27-19)31-23(28-20)29(2)18-8-16-3-4-17(9-18)26-16;/h5-7,11-12,16-18,26H,3-4,8-9H2,1-2H3;1H/t16-,17+,18-;. The van der Waals surface area contributed by atoms with Crippen molar-refractivity contribution >= 4 is 44.9 Å². The first-order valence-electron chi connectivity index (χ1n) is 10.7. The van der Waals surface area contributed by atoms with Crippen molar-refractivity contribution in [2.75, 3.05) is 11.9 Å². The van der Waals surface area contributed by atoms with E-state index in [1.165, 1.54) is 25.7 Å². The van der Waals surface area contributed by atoms with Gasteiger partial charge in [-0.3, -0.25) is 0 Å². The Bertz CT molecular complexity index is 1340. The van der Waals surface area contributed by atoms with Gasteiger partial charge in [-0.25, -0.2) is 15.0 Å². The van der Waals surface area contributed by atoms with E-state index in [0.717, 1.165) is 32.4 Å². The van der Waals surface area contributed by atoms with Gasteiger partial charge < -0.3 is 14.6 Å². The summed E-state index contributed by atoms with van der Waals surface area (Å²) in [6.07, 6.45) is 8.88. The Labute approximate surface area is 196 Å². The van der Waals surface area contributed by atoms with E-state index in [9.17, 15) is 5.26 Å². The number of imidazole rings is 1. The van der Waals surface area contributed by atoms with Crippen LogP contribution in [0.5, 0.6) is 0 Å². The summed E-state index contributed by atoms with van der Waals surface area (Å²) in [5.74, 6) is 0. The summed E-state index contributed by atoms with van der Waals surface area (Å²) >= 11 is 1.65. The summed E-state index contributed by atoms with van der Waals surface area (Å²) in [6.45, 7) is 1.93. The molecule has 2 saturated heterocycles. The number of aromatic nitrogens is 4. The van der Waals surface area contributed by atoms with E-state index in [1.54, 1.807) is 11.3 Å². The van der Waals surface area contributed by atoms with Gasteiger partial charge in [0.1, 0.15) is 16.4 Å². The largest absolute Gasteiger partial charge is 0.348 e. The van der Waals surface area contributed by atoms with E-state index >= 15 is 0 Å². The van der Waals surface area contributed by atoms with E-state index in [2.05, 4.69) is 28.3 Å². The van der Waals surface area contributed by atoms with E-state index < -0.39 is 0 Å². The molecule has 3 atom stereocenters. The molecule has 0 spiro atoms. The van der Waals surface area contributed by atoms with Crippen LogP contribution in [0.25, 0.3) is 27.3 Å². The van der Waals surface area contributed by atoms with Crippen LogP contribution in [0.4, 0.5) is 5.13 Å². The number of fused-ring (bicyclic) bond motifs is 4. The first-order chi connectivity index (χ1) is 15.1. The molecule has 0 aliphatic carbocycles. The first-order valence-corrected chi connectivity index (χ1v) is 11.6. The molecule has 0 amide bonds. The molecular formula is C23H24ClN7S. The fraction of sp³-hybridized carbons (Fsp3) is 0.391. The van der Waals surface area contributed by atoms with Gasteiger partial charge in [0, 0.05) is 43.1 Å². The highest BCUT2D eigenvalue weighted by Crippen LogP contribution is 2.35. The van der Waals surface area contributed by atoms with E-state index in [0.29, 0.717) is 29.3 Å². The van der Waals surface area contributed by atoms with Crippen LogP contribution in [-0.2, 0) is 0 Å². The zero-order valence-electron chi connectivity index (χ0n) is 17.9. The topological polar surface area (TPSA) is 82.1 Å². The number of hydrogen-bond donors (Lipinski definition) is 1. The number of piperidine rings is 1. The zero-order chi connectivity index (χ0) is 21.1. The number of nitrogens with zero attached hydrogens (tertiary/aromatic N) is 6. The van der Waals surface area contributed by atoms with Crippen LogP contribution >= 0.6 is 23.7 Å². The van der Waals surface area contributed by atoms with Crippen molar-refractivity contribution in [1.82, 2.24) is 24.7 Å².